The van der Waals surface area contributed by atoms with Crippen molar-refractivity contribution in [2.24, 2.45) is 0 Å². The van der Waals surface area contributed by atoms with Crippen LogP contribution in [0.2, 0.25) is 0 Å². The lowest BCUT2D eigenvalue weighted by molar-refractivity contribution is -0.144. The summed E-state index contributed by atoms with van der Waals surface area (Å²) >= 11 is 0. The van der Waals surface area contributed by atoms with Gasteiger partial charge in [-0.2, -0.15) is 0 Å². The molecular weight excluding hydrogens is 232 g/mol. The van der Waals surface area contributed by atoms with Gasteiger partial charge in [0, 0.05) is 6.61 Å². The molecular formula is C14H18O4. The Morgan fingerprint density at radius 2 is 2.11 bits per heavy atom. The van der Waals surface area contributed by atoms with Crippen LogP contribution in [-0.2, 0) is 25.6 Å². The highest BCUT2D eigenvalue weighted by molar-refractivity contribution is 5.37. The molecule has 1 aliphatic heterocycles. The largest absolute Gasteiger partial charge is 0.465 e. The molecule has 0 amide bonds. The maximum atomic E-state index is 10.3. The molecule has 18 heavy (non-hydrogen) atoms. The average Bonchev–Trinajstić information content (AvgIpc) is 2.87. The molecule has 1 fully saturated rings. The second-order valence-corrected chi connectivity index (χ2v) is 4.52. The molecule has 0 saturated carbocycles. The highest BCUT2D eigenvalue weighted by atomic mass is 16.6. The van der Waals surface area contributed by atoms with Gasteiger partial charge >= 0.3 is 0 Å². The number of rotatable bonds is 7. The van der Waals surface area contributed by atoms with E-state index in [-0.39, 0.29) is 6.61 Å². The van der Waals surface area contributed by atoms with Crippen molar-refractivity contribution in [2.45, 2.75) is 25.0 Å². The van der Waals surface area contributed by atoms with Gasteiger partial charge in [0.15, 0.2) is 0 Å². The summed E-state index contributed by atoms with van der Waals surface area (Å²) in [5.41, 5.74) is 0.678. The van der Waals surface area contributed by atoms with Crippen LogP contribution in [0, 0.1) is 0 Å². The highest BCUT2D eigenvalue weighted by Gasteiger charge is 2.36. The first-order valence-corrected chi connectivity index (χ1v) is 6.16. The van der Waals surface area contributed by atoms with E-state index < -0.39 is 5.60 Å². The van der Waals surface area contributed by atoms with E-state index in [1.54, 1.807) is 0 Å². The molecule has 1 heterocycles. The molecule has 1 saturated heterocycles. The molecule has 0 aromatic heterocycles. The Morgan fingerprint density at radius 1 is 1.28 bits per heavy atom. The average molecular weight is 250 g/mol. The topological polar surface area (TPSA) is 44.8 Å². The summed E-state index contributed by atoms with van der Waals surface area (Å²) in [6, 6.07) is 9.98. The lowest BCUT2D eigenvalue weighted by Gasteiger charge is -2.26. The first-order valence-electron chi connectivity index (χ1n) is 6.16. The van der Waals surface area contributed by atoms with Crippen LogP contribution >= 0.6 is 0 Å². The number of ether oxygens (including phenoxy) is 3. The molecule has 0 spiro atoms. The maximum Gasteiger partial charge on any atom is 0.293 e. The third kappa shape index (κ3) is 3.55. The van der Waals surface area contributed by atoms with Crippen LogP contribution in [0.25, 0.3) is 0 Å². The minimum atomic E-state index is -0.449. The zero-order valence-corrected chi connectivity index (χ0v) is 10.3. The van der Waals surface area contributed by atoms with Crippen molar-refractivity contribution in [3.8, 4) is 0 Å². The highest BCUT2D eigenvalue weighted by Crippen LogP contribution is 2.26. The smallest absolute Gasteiger partial charge is 0.293 e. The zero-order chi connectivity index (χ0) is 12.7. The lowest BCUT2D eigenvalue weighted by atomic mass is 10.0. The third-order valence-corrected chi connectivity index (χ3v) is 3.08. The summed E-state index contributed by atoms with van der Waals surface area (Å²) in [5.74, 6) is 0. The monoisotopic (exact) mass is 250 g/mol. The van der Waals surface area contributed by atoms with Gasteiger partial charge in [-0.3, -0.25) is 4.79 Å². The summed E-state index contributed by atoms with van der Waals surface area (Å²) in [6.45, 7) is 2.44. The fraction of sp³-hybridized carbons (Fsp3) is 0.500. The normalized spacial score (nSPS) is 22.9. The number of hydrogen-bond donors (Lipinski definition) is 0. The molecule has 1 unspecified atom stereocenters. The Hall–Kier alpha value is -1.39. The Labute approximate surface area is 107 Å². The van der Waals surface area contributed by atoms with Gasteiger partial charge < -0.3 is 14.2 Å². The van der Waals surface area contributed by atoms with Gasteiger partial charge in [0.2, 0.25) is 0 Å². The first kappa shape index (κ1) is 13.1. The molecule has 1 aromatic carbocycles. The third-order valence-electron chi connectivity index (χ3n) is 3.08. The van der Waals surface area contributed by atoms with E-state index in [2.05, 4.69) is 0 Å². The Morgan fingerprint density at radius 3 is 2.78 bits per heavy atom. The summed E-state index contributed by atoms with van der Waals surface area (Å²) in [5, 5.41) is 0. The predicted molar refractivity (Wildman–Crippen MR) is 66.0 cm³/mol. The van der Waals surface area contributed by atoms with E-state index in [0.29, 0.717) is 26.3 Å². The molecule has 0 radical (unpaired) electrons. The minimum absolute atomic E-state index is 0.269. The standard InChI is InChI=1S/C14H18O4/c15-12-17-11-14(7-4-8-18-14)10-16-9-13-5-2-1-3-6-13/h1-3,5-6,12H,4,7-11H2. The van der Waals surface area contributed by atoms with E-state index >= 15 is 0 Å². The summed E-state index contributed by atoms with van der Waals surface area (Å²) < 4.78 is 16.2. The second kappa shape index (κ2) is 6.52. The molecule has 98 valence electrons. The minimum Gasteiger partial charge on any atom is -0.465 e. The molecule has 4 heteroatoms. The van der Waals surface area contributed by atoms with Gasteiger partial charge in [0.25, 0.3) is 6.47 Å². The summed E-state index contributed by atoms with van der Waals surface area (Å²) in [6.07, 6.45) is 1.85. The van der Waals surface area contributed by atoms with Gasteiger partial charge in [0.05, 0.1) is 13.2 Å². The van der Waals surface area contributed by atoms with E-state index in [9.17, 15) is 4.79 Å². The predicted octanol–water partition coefficient (Wildman–Crippen LogP) is 1.93. The van der Waals surface area contributed by atoms with Crippen LogP contribution in [0.1, 0.15) is 18.4 Å². The van der Waals surface area contributed by atoms with Gasteiger partial charge in [-0.25, -0.2) is 0 Å². The van der Waals surface area contributed by atoms with Crippen molar-refractivity contribution in [1.29, 1.82) is 0 Å². The van der Waals surface area contributed by atoms with Crippen molar-refractivity contribution in [3.63, 3.8) is 0 Å². The number of benzene rings is 1. The molecule has 0 bridgehead atoms. The molecule has 0 N–H and O–H groups in total. The lowest BCUT2D eigenvalue weighted by Crippen LogP contribution is -2.39. The van der Waals surface area contributed by atoms with Gasteiger partial charge in [-0.15, -0.1) is 0 Å². The molecule has 4 nitrogen and oxygen atoms in total. The quantitative estimate of drug-likeness (QED) is 0.694. The zero-order valence-electron chi connectivity index (χ0n) is 10.3. The van der Waals surface area contributed by atoms with Crippen molar-refractivity contribution >= 4 is 6.47 Å². The first-order chi connectivity index (χ1) is 8.85. The molecule has 2 rings (SSSR count). The van der Waals surface area contributed by atoms with Crippen LogP contribution < -0.4 is 0 Å². The van der Waals surface area contributed by atoms with Crippen LogP contribution in [0.4, 0.5) is 0 Å². The van der Waals surface area contributed by atoms with Crippen LogP contribution in [0.3, 0.4) is 0 Å². The van der Waals surface area contributed by atoms with E-state index in [1.807, 2.05) is 30.3 Å². The number of carbonyl (C=O) groups excluding carboxylic acids is 1. The Bertz CT molecular complexity index is 357. The Balaban J connectivity index is 1.81. The fourth-order valence-electron chi connectivity index (χ4n) is 2.14. The van der Waals surface area contributed by atoms with Crippen molar-refractivity contribution < 1.29 is 19.0 Å². The number of carbonyl (C=O) groups is 1. The van der Waals surface area contributed by atoms with Gasteiger partial charge in [0.1, 0.15) is 12.2 Å². The number of hydrogen-bond acceptors (Lipinski definition) is 4. The molecule has 1 atom stereocenters. The summed E-state index contributed by atoms with van der Waals surface area (Å²) in [7, 11) is 0. The van der Waals surface area contributed by atoms with E-state index in [1.165, 1.54) is 0 Å². The fourth-order valence-corrected chi connectivity index (χ4v) is 2.14. The van der Waals surface area contributed by atoms with E-state index in [4.69, 9.17) is 14.2 Å². The van der Waals surface area contributed by atoms with E-state index in [0.717, 1.165) is 18.4 Å². The summed E-state index contributed by atoms with van der Waals surface area (Å²) in [4.78, 5) is 10.3. The van der Waals surface area contributed by atoms with Crippen LogP contribution in [0.15, 0.2) is 30.3 Å². The van der Waals surface area contributed by atoms with Crippen LogP contribution in [-0.4, -0.2) is 31.9 Å². The van der Waals surface area contributed by atoms with Gasteiger partial charge in [-0.1, -0.05) is 30.3 Å². The maximum absolute atomic E-state index is 10.3. The van der Waals surface area contributed by atoms with Crippen molar-refractivity contribution in [2.75, 3.05) is 19.8 Å². The molecule has 1 aliphatic rings. The molecule has 0 aliphatic carbocycles. The SMILES string of the molecule is O=COCC1(COCc2ccccc2)CCCO1. The molecule has 1 aromatic rings. The Kier molecular flexibility index (Phi) is 4.73. The van der Waals surface area contributed by atoms with Gasteiger partial charge in [-0.05, 0) is 18.4 Å². The second-order valence-electron chi connectivity index (χ2n) is 4.52. The van der Waals surface area contributed by atoms with Crippen molar-refractivity contribution in [3.05, 3.63) is 35.9 Å². The van der Waals surface area contributed by atoms with Crippen LogP contribution in [0.5, 0.6) is 0 Å². The van der Waals surface area contributed by atoms with Crippen molar-refractivity contribution in [1.82, 2.24) is 0 Å².